The Labute approximate surface area is 181 Å². The molecule has 1 N–H and O–H groups in total. The summed E-state index contributed by atoms with van der Waals surface area (Å²) in [4.78, 5) is 30.0. The molecule has 2 aromatic carbocycles. The second-order valence-corrected chi connectivity index (χ2v) is 8.21. The predicted molar refractivity (Wildman–Crippen MR) is 119 cm³/mol. The summed E-state index contributed by atoms with van der Waals surface area (Å²) in [6.07, 6.45) is 0.723. The van der Waals surface area contributed by atoms with E-state index < -0.39 is 23.5 Å². The minimum absolute atomic E-state index is 0.0665. The van der Waals surface area contributed by atoms with Gasteiger partial charge in [0.25, 0.3) is 5.91 Å². The first-order valence-electron chi connectivity index (χ1n) is 10.4. The first-order valence-corrected chi connectivity index (χ1v) is 10.4. The summed E-state index contributed by atoms with van der Waals surface area (Å²) in [7, 11) is 3.93. The topological polar surface area (TPSA) is 74.0 Å². The fourth-order valence-corrected chi connectivity index (χ4v) is 4.06. The number of Topliss-reactive ketones (excluding diaryl/α,β-unsaturated/α-hetero) is 1. The van der Waals surface area contributed by atoms with Gasteiger partial charge >= 0.3 is 0 Å². The molecule has 4 rings (SSSR count). The SMILES string of the molecule is Cc1ccc2oc(C(=O)C3=C(O)C(=O)N(CCCN(C)C)C3c3ccccc3)cc2c1. The maximum Gasteiger partial charge on any atom is 0.290 e. The Bertz CT molecular complexity index is 1160. The molecule has 1 unspecified atom stereocenters. The Kier molecular flexibility index (Phi) is 5.65. The van der Waals surface area contributed by atoms with E-state index in [1.54, 1.807) is 11.0 Å². The smallest absolute Gasteiger partial charge is 0.290 e. The van der Waals surface area contributed by atoms with Gasteiger partial charge in [-0.15, -0.1) is 0 Å². The molecule has 0 saturated carbocycles. The van der Waals surface area contributed by atoms with Crippen LogP contribution in [0.1, 0.15) is 34.1 Å². The molecular formula is C25H26N2O4. The van der Waals surface area contributed by atoms with Crippen molar-refractivity contribution in [2.75, 3.05) is 27.2 Å². The van der Waals surface area contributed by atoms with E-state index in [-0.39, 0.29) is 11.3 Å². The zero-order valence-corrected chi connectivity index (χ0v) is 18.0. The second kappa shape index (κ2) is 8.40. The number of ketones is 1. The highest BCUT2D eigenvalue weighted by atomic mass is 16.3. The van der Waals surface area contributed by atoms with Gasteiger partial charge in [-0.25, -0.2) is 0 Å². The van der Waals surface area contributed by atoms with Gasteiger partial charge in [0.05, 0.1) is 11.6 Å². The number of hydrogen-bond acceptors (Lipinski definition) is 5. The number of furan rings is 1. The van der Waals surface area contributed by atoms with Crippen molar-refractivity contribution in [1.29, 1.82) is 0 Å². The lowest BCUT2D eigenvalue weighted by Crippen LogP contribution is -2.33. The monoisotopic (exact) mass is 418 g/mol. The van der Waals surface area contributed by atoms with E-state index in [1.165, 1.54) is 0 Å². The summed E-state index contributed by atoms with van der Waals surface area (Å²) >= 11 is 0. The van der Waals surface area contributed by atoms with Crippen molar-refractivity contribution in [3.8, 4) is 0 Å². The molecule has 1 aromatic heterocycles. The molecule has 1 amide bonds. The van der Waals surface area contributed by atoms with Gasteiger partial charge < -0.3 is 19.3 Å². The lowest BCUT2D eigenvalue weighted by atomic mass is 9.95. The van der Waals surface area contributed by atoms with Crippen molar-refractivity contribution in [2.45, 2.75) is 19.4 Å². The van der Waals surface area contributed by atoms with Crippen LogP contribution < -0.4 is 0 Å². The van der Waals surface area contributed by atoms with E-state index in [1.807, 2.05) is 74.4 Å². The summed E-state index contributed by atoms with van der Waals surface area (Å²) in [6, 6.07) is 16.0. The molecule has 0 radical (unpaired) electrons. The molecule has 160 valence electrons. The molecule has 2 heterocycles. The number of aryl methyl sites for hydroxylation is 1. The number of fused-ring (bicyclic) bond motifs is 1. The van der Waals surface area contributed by atoms with E-state index in [0.29, 0.717) is 12.1 Å². The molecule has 31 heavy (non-hydrogen) atoms. The maximum absolute atomic E-state index is 13.5. The molecule has 6 heteroatoms. The van der Waals surface area contributed by atoms with Gasteiger partial charge in [0.1, 0.15) is 5.58 Å². The Morgan fingerprint density at radius 1 is 1.13 bits per heavy atom. The highest BCUT2D eigenvalue weighted by Crippen LogP contribution is 2.39. The van der Waals surface area contributed by atoms with Crippen LogP contribution in [0.3, 0.4) is 0 Å². The molecule has 0 aliphatic carbocycles. The van der Waals surface area contributed by atoms with Gasteiger partial charge in [0, 0.05) is 11.9 Å². The van der Waals surface area contributed by atoms with E-state index in [0.717, 1.165) is 29.5 Å². The van der Waals surface area contributed by atoms with Crippen molar-refractivity contribution in [2.24, 2.45) is 0 Å². The van der Waals surface area contributed by atoms with E-state index in [2.05, 4.69) is 0 Å². The highest BCUT2D eigenvalue weighted by molar-refractivity contribution is 6.16. The summed E-state index contributed by atoms with van der Waals surface area (Å²) in [6.45, 7) is 3.18. The number of carbonyl (C=O) groups is 2. The van der Waals surface area contributed by atoms with E-state index in [9.17, 15) is 14.7 Å². The third kappa shape index (κ3) is 3.99. The largest absolute Gasteiger partial charge is 0.503 e. The lowest BCUT2D eigenvalue weighted by molar-refractivity contribution is -0.129. The molecule has 0 bridgehead atoms. The van der Waals surface area contributed by atoms with Crippen LogP contribution in [-0.2, 0) is 4.79 Å². The van der Waals surface area contributed by atoms with Gasteiger partial charge in [-0.05, 0) is 57.7 Å². The van der Waals surface area contributed by atoms with E-state index in [4.69, 9.17) is 4.42 Å². The molecule has 3 aromatic rings. The zero-order chi connectivity index (χ0) is 22.1. The minimum atomic E-state index is -0.654. The number of carbonyl (C=O) groups excluding carboxylic acids is 2. The standard InChI is InChI=1S/C25H26N2O4/c1-16-10-11-19-18(14-16)15-20(31-19)23(28)21-22(17-8-5-4-6-9-17)27(25(30)24(21)29)13-7-12-26(2)3/h4-6,8-11,14-15,22,29H,7,12-13H2,1-3H3. The Morgan fingerprint density at radius 3 is 2.58 bits per heavy atom. The minimum Gasteiger partial charge on any atom is -0.503 e. The molecule has 0 fully saturated rings. The first kappa shape index (κ1) is 20.9. The number of rotatable bonds is 7. The Hall–Kier alpha value is -3.38. The predicted octanol–water partition coefficient (Wildman–Crippen LogP) is 4.27. The molecule has 1 atom stereocenters. The Balaban J connectivity index is 1.73. The summed E-state index contributed by atoms with van der Waals surface area (Å²) < 4.78 is 5.78. The average molecular weight is 418 g/mol. The summed E-state index contributed by atoms with van der Waals surface area (Å²) in [5.41, 5.74) is 2.49. The van der Waals surface area contributed by atoms with Crippen LogP contribution in [0.25, 0.3) is 11.0 Å². The first-order chi connectivity index (χ1) is 14.9. The van der Waals surface area contributed by atoms with E-state index >= 15 is 0 Å². The van der Waals surface area contributed by atoms with Gasteiger partial charge in [-0.3, -0.25) is 9.59 Å². The van der Waals surface area contributed by atoms with Gasteiger partial charge in [-0.2, -0.15) is 0 Å². The van der Waals surface area contributed by atoms with Crippen LogP contribution in [0, 0.1) is 6.92 Å². The molecule has 0 saturated heterocycles. The van der Waals surface area contributed by atoms with Crippen molar-refractivity contribution in [3.05, 3.63) is 82.8 Å². The molecular weight excluding hydrogens is 392 g/mol. The second-order valence-electron chi connectivity index (χ2n) is 8.21. The highest BCUT2D eigenvalue weighted by Gasteiger charge is 2.44. The fourth-order valence-electron chi connectivity index (χ4n) is 4.06. The zero-order valence-electron chi connectivity index (χ0n) is 18.0. The summed E-state index contributed by atoms with van der Waals surface area (Å²) in [5, 5.41) is 11.5. The number of amides is 1. The lowest BCUT2D eigenvalue weighted by Gasteiger charge is -2.27. The Morgan fingerprint density at radius 2 is 1.87 bits per heavy atom. The van der Waals surface area contributed by atoms with Crippen LogP contribution in [0.2, 0.25) is 0 Å². The summed E-state index contributed by atoms with van der Waals surface area (Å²) in [5.74, 6) is -1.38. The van der Waals surface area contributed by atoms with Crippen LogP contribution >= 0.6 is 0 Å². The molecule has 6 nitrogen and oxygen atoms in total. The third-order valence-corrected chi connectivity index (χ3v) is 5.56. The molecule has 1 aliphatic rings. The van der Waals surface area contributed by atoms with Gasteiger partial charge in [0.15, 0.2) is 11.5 Å². The van der Waals surface area contributed by atoms with Crippen LogP contribution in [0.5, 0.6) is 0 Å². The number of aliphatic hydroxyl groups is 1. The average Bonchev–Trinajstić information content (AvgIpc) is 3.27. The maximum atomic E-state index is 13.5. The quantitative estimate of drug-likeness (QED) is 0.580. The van der Waals surface area contributed by atoms with Crippen molar-refractivity contribution in [3.63, 3.8) is 0 Å². The fraction of sp³-hybridized carbons (Fsp3) is 0.280. The van der Waals surface area contributed by atoms with Gasteiger partial charge in [0.2, 0.25) is 5.78 Å². The number of nitrogens with zero attached hydrogens (tertiary/aromatic N) is 2. The number of aliphatic hydroxyl groups excluding tert-OH is 1. The van der Waals surface area contributed by atoms with Crippen LogP contribution in [-0.4, -0.2) is 53.8 Å². The van der Waals surface area contributed by atoms with Crippen LogP contribution in [0.15, 0.2) is 70.3 Å². The molecule has 0 spiro atoms. The number of benzene rings is 2. The van der Waals surface area contributed by atoms with Gasteiger partial charge in [-0.1, -0.05) is 42.0 Å². The third-order valence-electron chi connectivity index (χ3n) is 5.56. The van der Waals surface area contributed by atoms with Crippen LogP contribution in [0.4, 0.5) is 0 Å². The molecule has 1 aliphatic heterocycles. The normalized spacial score (nSPS) is 16.7. The number of hydrogen-bond donors (Lipinski definition) is 1. The van der Waals surface area contributed by atoms with Crippen molar-refractivity contribution in [1.82, 2.24) is 9.80 Å². The van der Waals surface area contributed by atoms with Crippen molar-refractivity contribution < 1.29 is 19.1 Å². The van der Waals surface area contributed by atoms with Crippen molar-refractivity contribution >= 4 is 22.7 Å².